The molecule has 1 heterocycles. The standard InChI is InChI=1S/C29H39N5O4/c1-19(2)20-8-12-24(13-9-20)32-29(37)34-17-5-16-33(28(36)21-6-4-7-25(18-21)38-3)27(34)26(35)31-23-14-10-22(30)11-15-23/h4,6-9,12-13,18-19,22-23,27H,5,10-11,14-17,30H2,1-3H3,(H,31,35)(H,32,37). The Labute approximate surface area is 224 Å². The van der Waals surface area contributed by atoms with E-state index in [1.807, 2.05) is 24.3 Å². The molecule has 38 heavy (non-hydrogen) atoms. The van der Waals surface area contributed by atoms with Crippen molar-refractivity contribution in [3.05, 3.63) is 59.7 Å². The number of amides is 4. The number of nitrogens with zero attached hydrogens (tertiary/aromatic N) is 2. The van der Waals surface area contributed by atoms with E-state index in [-0.39, 0.29) is 23.9 Å². The average Bonchev–Trinajstić information content (AvgIpc) is 2.93. The minimum absolute atomic E-state index is 0.0357. The molecule has 9 nitrogen and oxygen atoms in total. The average molecular weight is 522 g/mol. The van der Waals surface area contributed by atoms with Crippen LogP contribution in [0.15, 0.2) is 48.5 Å². The Morgan fingerprint density at radius 2 is 1.66 bits per heavy atom. The maximum Gasteiger partial charge on any atom is 0.323 e. The van der Waals surface area contributed by atoms with Crippen molar-refractivity contribution in [1.29, 1.82) is 0 Å². The van der Waals surface area contributed by atoms with E-state index in [1.165, 1.54) is 22.5 Å². The zero-order valence-electron chi connectivity index (χ0n) is 22.5. The topological polar surface area (TPSA) is 117 Å². The van der Waals surface area contributed by atoms with Crippen molar-refractivity contribution in [2.75, 3.05) is 25.5 Å². The van der Waals surface area contributed by atoms with E-state index in [0.29, 0.717) is 42.4 Å². The molecule has 0 radical (unpaired) electrons. The molecule has 4 N–H and O–H groups in total. The number of methoxy groups -OCH3 is 1. The van der Waals surface area contributed by atoms with Gasteiger partial charge in [0.2, 0.25) is 0 Å². The van der Waals surface area contributed by atoms with E-state index < -0.39 is 12.2 Å². The molecule has 4 rings (SSSR count). The second-order valence-corrected chi connectivity index (χ2v) is 10.5. The molecule has 1 saturated heterocycles. The van der Waals surface area contributed by atoms with Crippen molar-refractivity contribution in [3.8, 4) is 5.75 Å². The third kappa shape index (κ3) is 6.45. The van der Waals surface area contributed by atoms with E-state index >= 15 is 0 Å². The molecular formula is C29H39N5O4. The Hall–Kier alpha value is -3.59. The minimum Gasteiger partial charge on any atom is -0.497 e. The van der Waals surface area contributed by atoms with E-state index in [1.54, 1.807) is 24.3 Å². The number of anilines is 1. The number of nitrogens with one attached hydrogen (secondary N) is 2. The van der Waals surface area contributed by atoms with Gasteiger partial charge in [0.05, 0.1) is 7.11 Å². The van der Waals surface area contributed by atoms with Gasteiger partial charge < -0.3 is 26.0 Å². The number of urea groups is 1. The predicted molar refractivity (Wildman–Crippen MR) is 147 cm³/mol. The zero-order chi connectivity index (χ0) is 27.2. The summed E-state index contributed by atoms with van der Waals surface area (Å²) in [6.45, 7) is 4.93. The zero-order valence-corrected chi connectivity index (χ0v) is 22.5. The lowest BCUT2D eigenvalue weighted by atomic mass is 9.91. The molecule has 0 bridgehead atoms. The highest BCUT2D eigenvalue weighted by Crippen LogP contribution is 2.24. The lowest BCUT2D eigenvalue weighted by molar-refractivity contribution is -0.133. The number of carbonyl (C=O) groups is 3. The monoisotopic (exact) mass is 521 g/mol. The molecule has 1 unspecified atom stereocenters. The smallest absolute Gasteiger partial charge is 0.323 e. The van der Waals surface area contributed by atoms with Gasteiger partial charge in [-0.25, -0.2) is 4.79 Å². The van der Waals surface area contributed by atoms with Crippen LogP contribution in [0.3, 0.4) is 0 Å². The summed E-state index contributed by atoms with van der Waals surface area (Å²) in [5.41, 5.74) is 8.25. The quantitative estimate of drug-likeness (QED) is 0.533. The minimum atomic E-state index is -1.08. The van der Waals surface area contributed by atoms with Gasteiger partial charge in [-0.3, -0.25) is 14.5 Å². The predicted octanol–water partition coefficient (Wildman–Crippen LogP) is 3.91. The van der Waals surface area contributed by atoms with Gasteiger partial charge in [-0.1, -0.05) is 32.0 Å². The van der Waals surface area contributed by atoms with Crippen molar-refractivity contribution in [2.24, 2.45) is 5.73 Å². The SMILES string of the molecule is COc1cccc(C(=O)N2CCCN(C(=O)Nc3ccc(C(C)C)cc3)C2C(=O)NC2CCC(N)CC2)c1. The number of nitrogens with two attached hydrogens (primary N) is 1. The molecule has 2 aliphatic rings. The molecule has 1 saturated carbocycles. The molecule has 2 aromatic carbocycles. The first kappa shape index (κ1) is 27.4. The van der Waals surface area contributed by atoms with Crippen LogP contribution in [-0.4, -0.2) is 66.1 Å². The molecule has 1 aliphatic heterocycles. The first-order chi connectivity index (χ1) is 18.3. The van der Waals surface area contributed by atoms with Gasteiger partial charge in [0.15, 0.2) is 6.17 Å². The van der Waals surface area contributed by atoms with E-state index in [2.05, 4.69) is 24.5 Å². The molecule has 1 atom stereocenters. The van der Waals surface area contributed by atoms with E-state index in [9.17, 15) is 14.4 Å². The van der Waals surface area contributed by atoms with Crippen LogP contribution in [0, 0.1) is 0 Å². The summed E-state index contributed by atoms with van der Waals surface area (Å²) in [5.74, 6) is 0.243. The molecule has 2 fully saturated rings. The van der Waals surface area contributed by atoms with Crippen LogP contribution in [0.4, 0.5) is 10.5 Å². The summed E-state index contributed by atoms with van der Waals surface area (Å²) in [7, 11) is 1.54. The Morgan fingerprint density at radius 1 is 0.974 bits per heavy atom. The van der Waals surface area contributed by atoms with Crippen LogP contribution in [-0.2, 0) is 4.79 Å². The maximum atomic E-state index is 13.7. The molecule has 0 spiro atoms. The summed E-state index contributed by atoms with van der Waals surface area (Å²) in [6.07, 6.45) is 2.69. The number of rotatable bonds is 6. The third-order valence-electron chi connectivity index (χ3n) is 7.41. The Balaban J connectivity index is 1.58. The number of carbonyl (C=O) groups excluding carboxylic acids is 3. The lowest BCUT2D eigenvalue weighted by Gasteiger charge is -2.43. The van der Waals surface area contributed by atoms with Crippen molar-refractivity contribution < 1.29 is 19.1 Å². The fraction of sp³-hybridized carbons (Fsp3) is 0.483. The summed E-state index contributed by atoms with van der Waals surface area (Å²) in [6, 6.07) is 14.2. The van der Waals surface area contributed by atoms with Crippen LogP contribution in [0.5, 0.6) is 5.75 Å². The Kier molecular flexibility index (Phi) is 8.89. The molecule has 2 aromatic rings. The summed E-state index contributed by atoms with van der Waals surface area (Å²) < 4.78 is 5.29. The number of hydrogen-bond acceptors (Lipinski definition) is 5. The van der Waals surface area contributed by atoms with Crippen LogP contribution < -0.4 is 21.1 Å². The van der Waals surface area contributed by atoms with Gasteiger partial charge >= 0.3 is 6.03 Å². The van der Waals surface area contributed by atoms with Crippen LogP contribution in [0.2, 0.25) is 0 Å². The fourth-order valence-corrected chi connectivity index (χ4v) is 5.14. The molecule has 0 aromatic heterocycles. The maximum absolute atomic E-state index is 13.7. The van der Waals surface area contributed by atoms with Gasteiger partial charge in [0, 0.05) is 36.4 Å². The second kappa shape index (κ2) is 12.3. The molecule has 9 heteroatoms. The second-order valence-electron chi connectivity index (χ2n) is 10.5. The summed E-state index contributed by atoms with van der Waals surface area (Å²) in [4.78, 5) is 43.8. The van der Waals surface area contributed by atoms with Crippen LogP contribution in [0.1, 0.15) is 67.8 Å². The normalized spacial score (nSPS) is 21.7. The molecule has 1 aliphatic carbocycles. The largest absolute Gasteiger partial charge is 0.497 e. The third-order valence-corrected chi connectivity index (χ3v) is 7.41. The summed E-state index contributed by atoms with van der Waals surface area (Å²) in [5, 5.41) is 6.02. The van der Waals surface area contributed by atoms with Crippen molar-refractivity contribution in [3.63, 3.8) is 0 Å². The molecular weight excluding hydrogens is 482 g/mol. The highest BCUT2D eigenvalue weighted by molar-refractivity contribution is 6.00. The Morgan fingerprint density at radius 3 is 2.32 bits per heavy atom. The van der Waals surface area contributed by atoms with Gasteiger partial charge in [0.1, 0.15) is 5.75 Å². The van der Waals surface area contributed by atoms with Gasteiger partial charge in [-0.2, -0.15) is 0 Å². The number of hydrogen-bond donors (Lipinski definition) is 3. The Bertz CT molecular complexity index is 1130. The van der Waals surface area contributed by atoms with Gasteiger partial charge in [-0.15, -0.1) is 0 Å². The highest BCUT2D eigenvalue weighted by atomic mass is 16.5. The van der Waals surface area contributed by atoms with Crippen molar-refractivity contribution >= 4 is 23.5 Å². The fourth-order valence-electron chi connectivity index (χ4n) is 5.14. The lowest BCUT2D eigenvalue weighted by Crippen LogP contribution is -2.65. The molecule has 204 valence electrons. The van der Waals surface area contributed by atoms with Gasteiger partial charge in [-0.05, 0) is 73.9 Å². The van der Waals surface area contributed by atoms with E-state index in [4.69, 9.17) is 10.5 Å². The first-order valence-corrected chi connectivity index (χ1v) is 13.5. The van der Waals surface area contributed by atoms with Crippen molar-refractivity contribution in [1.82, 2.24) is 15.1 Å². The van der Waals surface area contributed by atoms with Gasteiger partial charge in [0.25, 0.3) is 11.8 Å². The number of ether oxygens (including phenoxy) is 1. The van der Waals surface area contributed by atoms with Crippen LogP contribution in [0.25, 0.3) is 0 Å². The van der Waals surface area contributed by atoms with Crippen molar-refractivity contribution in [2.45, 2.75) is 70.1 Å². The molecule has 4 amide bonds. The van der Waals surface area contributed by atoms with E-state index in [0.717, 1.165) is 25.7 Å². The number of benzene rings is 2. The first-order valence-electron chi connectivity index (χ1n) is 13.5. The van der Waals surface area contributed by atoms with Crippen LogP contribution >= 0.6 is 0 Å². The highest BCUT2D eigenvalue weighted by Gasteiger charge is 2.41. The summed E-state index contributed by atoms with van der Waals surface area (Å²) >= 11 is 0.